The topological polar surface area (TPSA) is 70.5 Å². The van der Waals surface area contributed by atoms with E-state index in [2.05, 4.69) is 4.98 Å². The van der Waals surface area contributed by atoms with Gasteiger partial charge in [0.05, 0.1) is 11.8 Å². The monoisotopic (exact) mass is 280 g/mol. The molecule has 2 atom stereocenters. The van der Waals surface area contributed by atoms with Crippen LogP contribution in [0.2, 0.25) is 0 Å². The van der Waals surface area contributed by atoms with Crippen LogP contribution >= 0.6 is 11.8 Å². The summed E-state index contributed by atoms with van der Waals surface area (Å²) in [6.07, 6.45) is 4.24. The van der Waals surface area contributed by atoms with E-state index in [0.717, 1.165) is 12.0 Å². The summed E-state index contributed by atoms with van der Waals surface area (Å²) in [6.45, 7) is 1.96. The maximum atomic E-state index is 12.3. The summed E-state index contributed by atoms with van der Waals surface area (Å²) < 4.78 is 0. The molecule has 0 radical (unpaired) electrons. The van der Waals surface area contributed by atoms with Gasteiger partial charge in [-0.25, -0.2) is 4.79 Å². The summed E-state index contributed by atoms with van der Waals surface area (Å²) in [5.74, 6) is -0.604. The molecule has 1 aliphatic heterocycles. The molecule has 1 aromatic rings. The Bertz CT molecular complexity index is 466. The third-order valence-electron chi connectivity index (χ3n) is 3.09. The number of aromatic nitrogens is 1. The highest BCUT2D eigenvalue weighted by Gasteiger charge is 2.40. The second kappa shape index (κ2) is 6.06. The van der Waals surface area contributed by atoms with Crippen LogP contribution in [0.3, 0.4) is 0 Å². The van der Waals surface area contributed by atoms with Crippen LogP contribution in [0, 0.1) is 0 Å². The van der Waals surface area contributed by atoms with E-state index in [0.29, 0.717) is 5.75 Å². The maximum absolute atomic E-state index is 12.3. The van der Waals surface area contributed by atoms with Crippen molar-refractivity contribution >= 4 is 23.6 Å². The zero-order valence-electron chi connectivity index (χ0n) is 10.7. The van der Waals surface area contributed by atoms with Crippen molar-refractivity contribution in [3.63, 3.8) is 0 Å². The number of hydrogen-bond acceptors (Lipinski definition) is 4. The van der Waals surface area contributed by atoms with Crippen LogP contribution < -0.4 is 0 Å². The van der Waals surface area contributed by atoms with E-state index in [1.165, 1.54) is 16.7 Å². The minimum atomic E-state index is -0.928. The molecule has 0 bridgehead atoms. The first-order chi connectivity index (χ1) is 9.13. The number of hydrogen-bond donors (Lipinski definition) is 1. The molecule has 0 saturated carbocycles. The lowest BCUT2D eigenvalue weighted by molar-refractivity contribution is -0.148. The minimum absolute atomic E-state index is 0.0368. The molecule has 1 aliphatic rings. The summed E-state index contributed by atoms with van der Waals surface area (Å²) in [5.41, 5.74) is 0.809. The van der Waals surface area contributed by atoms with Gasteiger partial charge < -0.3 is 10.0 Å². The molecular weight excluding hydrogens is 264 g/mol. The summed E-state index contributed by atoms with van der Waals surface area (Å²) in [4.78, 5) is 29.0. The van der Waals surface area contributed by atoms with Gasteiger partial charge in [-0.1, -0.05) is 13.0 Å². The Morgan fingerprint density at radius 2 is 2.37 bits per heavy atom. The predicted molar refractivity (Wildman–Crippen MR) is 72.7 cm³/mol. The fraction of sp³-hybridized carbons (Fsp3) is 0.462. The molecule has 1 saturated heterocycles. The summed E-state index contributed by atoms with van der Waals surface area (Å²) in [7, 11) is 0. The number of nitrogens with zero attached hydrogens (tertiary/aromatic N) is 2. The molecule has 0 aromatic carbocycles. The number of carbonyl (C=O) groups excluding carboxylic acids is 1. The van der Waals surface area contributed by atoms with Gasteiger partial charge in [0.2, 0.25) is 5.91 Å². The second-order valence-electron chi connectivity index (χ2n) is 4.39. The Morgan fingerprint density at radius 3 is 2.95 bits per heavy atom. The van der Waals surface area contributed by atoms with Crippen molar-refractivity contribution in [2.24, 2.45) is 0 Å². The SMILES string of the molecule is CCC1SCC(C(=O)O)N1C(=O)Cc1cccnc1. The number of pyridine rings is 1. The fourth-order valence-corrected chi connectivity index (χ4v) is 3.54. The molecule has 19 heavy (non-hydrogen) atoms. The first-order valence-electron chi connectivity index (χ1n) is 6.18. The lowest BCUT2D eigenvalue weighted by Gasteiger charge is -2.26. The van der Waals surface area contributed by atoms with Crippen LogP contribution in [-0.2, 0) is 16.0 Å². The second-order valence-corrected chi connectivity index (χ2v) is 5.60. The molecule has 6 heteroatoms. The van der Waals surface area contributed by atoms with Gasteiger partial charge in [-0.15, -0.1) is 11.8 Å². The Balaban J connectivity index is 2.13. The molecule has 1 aromatic heterocycles. The van der Waals surface area contributed by atoms with Gasteiger partial charge in [0.1, 0.15) is 6.04 Å². The Morgan fingerprint density at radius 1 is 1.58 bits per heavy atom. The van der Waals surface area contributed by atoms with Gasteiger partial charge in [-0.2, -0.15) is 0 Å². The van der Waals surface area contributed by atoms with Crippen molar-refractivity contribution in [3.05, 3.63) is 30.1 Å². The smallest absolute Gasteiger partial charge is 0.327 e. The van der Waals surface area contributed by atoms with Crippen LogP contribution in [-0.4, -0.2) is 44.0 Å². The lowest BCUT2D eigenvalue weighted by atomic mass is 10.1. The van der Waals surface area contributed by atoms with Gasteiger partial charge in [-0.05, 0) is 18.1 Å². The number of rotatable bonds is 4. The lowest BCUT2D eigenvalue weighted by Crippen LogP contribution is -2.46. The van der Waals surface area contributed by atoms with Crippen LogP contribution in [0.5, 0.6) is 0 Å². The molecule has 2 heterocycles. The number of carbonyl (C=O) groups is 2. The molecule has 1 N–H and O–H groups in total. The highest BCUT2D eigenvalue weighted by atomic mass is 32.2. The zero-order chi connectivity index (χ0) is 13.8. The molecule has 0 aliphatic carbocycles. The molecule has 2 unspecified atom stereocenters. The summed E-state index contributed by atoms with van der Waals surface area (Å²) in [6, 6.07) is 2.89. The molecule has 102 valence electrons. The van der Waals surface area contributed by atoms with Gasteiger partial charge in [0, 0.05) is 18.1 Å². The molecule has 5 nitrogen and oxygen atoms in total. The van der Waals surface area contributed by atoms with Crippen molar-refractivity contribution in [3.8, 4) is 0 Å². The molecular formula is C13H16N2O3S. The molecule has 1 fully saturated rings. The van der Waals surface area contributed by atoms with E-state index in [9.17, 15) is 14.7 Å². The summed E-state index contributed by atoms with van der Waals surface area (Å²) >= 11 is 1.53. The van der Waals surface area contributed by atoms with Crippen LogP contribution in [0.4, 0.5) is 0 Å². The number of carboxylic acids is 1. The largest absolute Gasteiger partial charge is 0.480 e. The highest BCUT2D eigenvalue weighted by molar-refractivity contribution is 8.00. The number of carboxylic acid groups (broad SMARTS) is 1. The van der Waals surface area contributed by atoms with Gasteiger partial charge in [0.25, 0.3) is 0 Å². The molecule has 2 rings (SSSR count). The Kier molecular flexibility index (Phi) is 4.42. The average molecular weight is 280 g/mol. The molecule has 1 amide bonds. The van der Waals surface area contributed by atoms with Crippen molar-refractivity contribution < 1.29 is 14.7 Å². The van der Waals surface area contributed by atoms with E-state index in [-0.39, 0.29) is 17.7 Å². The fourth-order valence-electron chi connectivity index (χ4n) is 2.17. The van der Waals surface area contributed by atoms with Crippen molar-refractivity contribution in [2.45, 2.75) is 31.2 Å². The zero-order valence-corrected chi connectivity index (χ0v) is 11.5. The van der Waals surface area contributed by atoms with Crippen molar-refractivity contribution in [2.75, 3.05) is 5.75 Å². The van der Waals surface area contributed by atoms with E-state index < -0.39 is 12.0 Å². The Hall–Kier alpha value is -1.56. The minimum Gasteiger partial charge on any atom is -0.480 e. The van der Waals surface area contributed by atoms with E-state index >= 15 is 0 Å². The average Bonchev–Trinajstić information content (AvgIpc) is 2.83. The van der Waals surface area contributed by atoms with Crippen molar-refractivity contribution in [1.29, 1.82) is 0 Å². The van der Waals surface area contributed by atoms with E-state index in [1.807, 2.05) is 13.0 Å². The molecule has 0 spiro atoms. The standard InChI is InChI=1S/C13H16N2O3S/c1-2-12-15(10(8-19-12)13(17)18)11(16)6-9-4-3-5-14-7-9/h3-5,7,10,12H,2,6,8H2,1H3,(H,17,18). The predicted octanol–water partition coefficient (Wildman–Crippen LogP) is 1.39. The Labute approximate surface area is 116 Å². The van der Waals surface area contributed by atoms with Crippen molar-refractivity contribution in [1.82, 2.24) is 9.88 Å². The van der Waals surface area contributed by atoms with Crippen LogP contribution in [0.1, 0.15) is 18.9 Å². The number of thioether (sulfide) groups is 1. The van der Waals surface area contributed by atoms with Gasteiger partial charge in [-0.3, -0.25) is 9.78 Å². The van der Waals surface area contributed by atoms with E-state index in [1.54, 1.807) is 18.5 Å². The first-order valence-corrected chi connectivity index (χ1v) is 7.22. The van der Waals surface area contributed by atoms with Crippen LogP contribution in [0.15, 0.2) is 24.5 Å². The quantitative estimate of drug-likeness (QED) is 0.902. The number of amides is 1. The van der Waals surface area contributed by atoms with E-state index in [4.69, 9.17) is 0 Å². The highest BCUT2D eigenvalue weighted by Crippen LogP contribution is 2.31. The van der Waals surface area contributed by atoms with Gasteiger partial charge >= 0.3 is 5.97 Å². The number of aliphatic carboxylic acids is 1. The first kappa shape index (κ1) is 13.9. The normalized spacial score (nSPS) is 22.5. The third-order valence-corrected chi connectivity index (χ3v) is 4.55. The van der Waals surface area contributed by atoms with Crippen LogP contribution in [0.25, 0.3) is 0 Å². The summed E-state index contributed by atoms with van der Waals surface area (Å²) in [5, 5.41) is 9.16. The maximum Gasteiger partial charge on any atom is 0.327 e. The third kappa shape index (κ3) is 3.07. The van der Waals surface area contributed by atoms with Gasteiger partial charge in [0.15, 0.2) is 0 Å².